The molecule has 0 radical (unpaired) electrons. The molecule has 7 nitrogen and oxygen atoms in total. The number of amides is 1. The minimum absolute atomic E-state index is 0. The van der Waals surface area contributed by atoms with Crippen LogP contribution in [0.4, 0.5) is 0 Å². The molecule has 0 aromatic heterocycles. The van der Waals surface area contributed by atoms with Crippen molar-refractivity contribution in [2.45, 2.75) is 26.2 Å². The van der Waals surface area contributed by atoms with Gasteiger partial charge in [-0.25, -0.2) is 8.42 Å². The number of sulfone groups is 1. The van der Waals surface area contributed by atoms with Crippen molar-refractivity contribution < 1.29 is 13.2 Å². The molecule has 0 aromatic rings. The Morgan fingerprint density at radius 1 is 1.45 bits per heavy atom. The number of nitrogens with zero attached hydrogens (tertiary/aromatic N) is 2. The Bertz CT molecular complexity index is 482. The Morgan fingerprint density at radius 3 is 2.68 bits per heavy atom. The number of aliphatic imine (C=N–C) groups is 1. The van der Waals surface area contributed by atoms with Crippen LogP contribution in [0.3, 0.4) is 0 Å². The summed E-state index contributed by atoms with van der Waals surface area (Å²) in [6.45, 7) is 3.57. The van der Waals surface area contributed by atoms with E-state index in [9.17, 15) is 13.2 Å². The van der Waals surface area contributed by atoms with Gasteiger partial charge in [-0.15, -0.1) is 24.0 Å². The molecular weight excluding hydrogens is 419 g/mol. The number of piperidine rings is 1. The van der Waals surface area contributed by atoms with Gasteiger partial charge < -0.3 is 16.0 Å². The molecule has 1 aliphatic heterocycles. The van der Waals surface area contributed by atoms with Crippen molar-refractivity contribution in [3.8, 4) is 0 Å². The second-order valence-electron chi connectivity index (χ2n) is 5.34. The molecule has 0 bridgehead atoms. The van der Waals surface area contributed by atoms with Crippen molar-refractivity contribution in [2.24, 2.45) is 16.6 Å². The third-order valence-electron chi connectivity index (χ3n) is 3.66. The first-order chi connectivity index (χ1) is 9.88. The van der Waals surface area contributed by atoms with Gasteiger partial charge in [0.25, 0.3) is 0 Å². The highest BCUT2D eigenvalue weighted by Gasteiger charge is 2.23. The van der Waals surface area contributed by atoms with Gasteiger partial charge in [0.05, 0.1) is 5.75 Å². The maximum atomic E-state index is 11.5. The van der Waals surface area contributed by atoms with Crippen LogP contribution in [-0.2, 0) is 14.6 Å². The number of hydrogen-bond acceptors (Lipinski definition) is 4. The molecule has 1 unspecified atom stereocenters. The summed E-state index contributed by atoms with van der Waals surface area (Å²) in [5.74, 6) is 0.905. The number of carbonyl (C=O) groups excluding carboxylic acids is 1. The number of carbonyl (C=O) groups is 1. The molecule has 0 aromatic carbocycles. The van der Waals surface area contributed by atoms with Gasteiger partial charge in [-0.3, -0.25) is 9.79 Å². The van der Waals surface area contributed by atoms with Gasteiger partial charge in [0.15, 0.2) is 15.8 Å². The van der Waals surface area contributed by atoms with E-state index in [0.717, 1.165) is 25.9 Å². The third kappa shape index (κ3) is 7.61. The van der Waals surface area contributed by atoms with E-state index in [-0.39, 0.29) is 47.3 Å². The number of likely N-dealkylation sites (tertiary alicyclic amines) is 1. The lowest BCUT2D eigenvalue weighted by Gasteiger charge is -2.34. The lowest BCUT2D eigenvalue weighted by molar-refractivity contribution is -0.119. The minimum atomic E-state index is -2.98. The van der Waals surface area contributed by atoms with Gasteiger partial charge in [-0.1, -0.05) is 6.92 Å². The van der Waals surface area contributed by atoms with E-state index >= 15 is 0 Å². The number of nitrogens with one attached hydrogen (secondary N) is 1. The number of nitrogens with two attached hydrogens (primary N) is 1. The predicted octanol–water partition coefficient (Wildman–Crippen LogP) is 0.202. The van der Waals surface area contributed by atoms with E-state index in [1.165, 1.54) is 0 Å². The van der Waals surface area contributed by atoms with E-state index in [1.807, 2.05) is 0 Å². The first-order valence-corrected chi connectivity index (χ1v) is 9.14. The third-order valence-corrected chi connectivity index (χ3v) is 5.36. The largest absolute Gasteiger partial charge is 0.370 e. The number of halogens is 1. The van der Waals surface area contributed by atoms with Crippen molar-refractivity contribution in [3.63, 3.8) is 0 Å². The number of primary amides is 1. The lowest BCUT2D eigenvalue weighted by Crippen LogP contribution is -2.48. The molecule has 130 valence electrons. The van der Waals surface area contributed by atoms with Gasteiger partial charge in [0, 0.05) is 38.9 Å². The maximum Gasteiger partial charge on any atom is 0.217 e. The lowest BCUT2D eigenvalue weighted by atomic mass is 9.95. The van der Waals surface area contributed by atoms with Gasteiger partial charge in [0.1, 0.15) is 0 Å². The minimum Gasteiger partial charge on any atom is -0.370 e. The fraction of sp³-hybridized carbons (Fsp3) is 0.846. The average molecular weight is 446 g/mol. The molecule has 9 heteroatoms. The monoisotopic (exact) mass is 446 g/mol. The fourth-order valence-electron chi connectivity index (χ4n) is 2.50. The smallest absolute Gasteiger partial charge is 0.217 e. The summed E-state index contributed by atoms with van der Waals surface area (Å²) in [5, 5.41) is 3.08. The summed E-state index contributed by atoms with van der Waals surface area (Å²) >= 11 is 0. The highest BCUT2D eigenvalue weighted by atomic mass is 127. The van der Waals surface area contributed by atoms with E-state index in [4.69, 9.17) is 5.73 Å². The Hall–Kier alpha value is -0.580. The maximum absolute atomic E-state index is 11.5. The summed E-state index contributed by atoms with van der Waals surface area (Å²) < 4.78 is 22.9. The van der Waals surface area contributed by atoms with Crippen molar-refractivity contribution in [2.75, 3.05) is 38.2 Å². The molecule has 0 spiro atoms. The van der Waals surface area contributed by atoms with Crippen LogP contribution in [0.15, 0.2) is 4.99 Å². The molecule has 1 atom stereocenters. The summed E-state index contributed by atoms with van der Waals surface area (Å²) in [4.78, 5) is 17.3. The molecule has 1 fully saturated rings. The standard InChI is InChI=1S/C13H26N4O3S.HI/c1-3-21(19,20)8-6-16-13(15-2)17-7-4-5-11(10-17)9-12(14)18;/h11H,3-10H2,1-2H3,(H2,14,18)(H,15,16);1H. The van der Waals surface area contributed by atoms with E-state index in [1.54, 1.807) is 14.0 Å². The van der Waals surface area contributed by atoms with Crippen LogP contribution in [0, 0.1) is 5.92 Å². The summed E-state index contributed by atoms with van der Waals surface area (Å²) in [7, 11) is -1.30. The highest BCUT2D eigenvalue weighted by Crippen LogP contribution is 2.19. The van der Waals surface area contributed by atoms with Crippen LogP contribution < -0.4 is 11.1 Å². The predicted molar refractivity (Wildman–Crippen MR) is 99.2 cm³/mol. The molecule has 1 rings (SSSR count). The van der Waals surface area contributed by atoms with Crippen LogP contribution in [0.1, 0.15) is 26.2 Å². The normalized spacial score (nSPS) is 19.5. The molecule has 3 N–H and O–H groups in total. The fourth-order valence-corrected chi connectivity index (χ4v) is 3.21. The zero-order valence-corrected chi connectivity index (χ0v) is 16.4. The molecule has 0 saturated carbocycles. The van der Waals surface area contributed by atoms with Crippen LogP contribution in [0.25, 0.3) is 0 Å². The van der Waals surface area contributed by atoms with E-state index < -0.39 is 9.84 Å². The van der Waals surface area contributed by atoms with Gasteiger partial charge in [-0.2, -0.15) is 0 Å². The second kappa shape index (κ2) is 10.2. The van der Waals surface area contributed by atoms with Crippen molar-refractivity contribution in [3.05, 3.63) is 0 Å². The zero-order chi connectivity index (χ0) is 15.9. The summed E-state index contributed by atoms with van der Waals surface area (Å²) in [6.07, 6.45) is 2.35. The highest BCUT2D eigenvalue weighted by molar-refractivity contribution is 14.0. The topological polar surface area (TPSA) is 105 Å². The van der Waals surface area contributed by atoms with E-state index in [2.05, 4.69) is 15.2 Å². The van der Waals surface area contributed by atoms with Crippen LogP contribution in [-0.4, -0.2) is 63.4 Å². The quantitative estimate of drug-likeness (QED) is 0.345. The number of guanidine groups is 1. The molecule has 0 aliphatic carbocycles. The van der Waals surface area contributed by atoms with Crippen LogP contribution in [0.5, 0.6) is 0 Å². The number of rotatable bonds is 6. The molecule has 1 aliphatic rings. The van der Waals surface area contributed by atoms with Crippen molar-refractivity contribution in [1.82, 2.24) is 10.2 Å². The molecule has 1 amide bonds. The number of hydrogen-bond donors (Lipinski definition) is 2. The van der Waals surface area contributed by atoms with Gasteiger partial charge in [0.2, 0.25) is 5.91 Å². The van der Waals surface area contributed by atoms with Gasteiger partial charge >= 0.3 is 0 Å². The zero-order valence-electron chi connectivity index (χ0n) is 13.2. The van der Waals surface area contributed by atoms with Crippen LogP contribution in [0.2, 0.25) is 0 Å². The molecule has 1 heterocycles. The molecule has 22 heavy (non-hydrogen) atoms. The first-order valence-electron chi connectivity index (χ1n) is 7.32. The summed E-state index contributed by atoms with van der Waals surface area (Å²) in [5.41, 5.74) is 5.25. The first kappa shape index (κ1) is 21.4. The average Bonchev–Trinajstić information content (AvgIpc) is 2.43. The van der Waals surface area contributed by atoms with Crippen LogP contribution >= 0.6 is 24.0 Å². The Balaban J connectivity index is 0.00000441. The van der Waals surface area contributed by atoms with Crippen molar-refractivity contribution >= 4 is 45.7 Å². The van der Waals surface area contributed by atoms with E-state index in [0.29, 0.717) is 18.9 Å². The summed E-state index contributed by atoms with van der Waals surface area (Å²) in [6, 6.07) is 0. The Kier molecular flexibility index (Phi) is 9.97. The molecule has 1 saturated heterocycles. The SMILES string of the molecule is CCS(=O)(=O)CCNC(=NC)N1CCCC(CC(N)=O)C1.I. The molecular formula is C13H27IN4O3S. The Morgan fingerprint density at radius 2 is 2.14 bits per heavy atom. The van der Waals surface area contributed by atoms with Crippen molar-refractivity contribution in [1.29, 1.82) is 0 Å². The Labute approximate surface area is 150 Å². The van der Waals surface area contributed by atoms with Gasteiger partial charge in [-0.05, 0) is 18.8 Å². The second-order valence-corrected chi connectivity index (χ2v) is 7.81.